The number of fused-ring (bicyclic) bond motifs is 1. The van der Waals surface area contributed by atoms with E-state index in [2.05, 4.69) is 10.3 Å². The molecule has 0 bridgehead atoms. The third-order valence-corrected chi connectivity index (χ3v) is 2.39. The minimum atomic E-state index is -4.35. The van der Waals surface area contributed by atoms with Gasteiger partial charge in [0.15, 0.2) is 5.65 Å². The molecule has 1 N–H and O–H groups in total. The fourth-order valence-electron chi connectivity index (χ4n) is 1.54. The zero-order valence-electron chi connectivity index (χ0n) is 8.76. The summed E-state index contributed by atoms with van der Waals surface area (Å²) in [6.45, 7) is 1.71. The molecule has 6 heteroatoms. The second-order valence-electron chi connectivity index (χ2n) is 3.48. The number of hydrogen-bond acceptors (Lipinski definition) is 2. The van der Waals surface area contributed by atoms with E-state index in [1.54, 1.807) is 14.0 Å². The van der Waals surface area contributed by atoms with Gasteiger partial charge in [0.2, 0.25) is 0 Å². The predicted molar refractivity (Wildman–Crippen MR) is 54.5 cm³/mol. The van der Waals surface area contributed by atoms with Crippen LogP contribution >= 0.6 is 0 Å². The van der Waals surface area contributed by atoms with Gasteiger partial charge in [0.25, 0.3) is 0 Å². The average molecular weight is 229 g/mol. The first-order valence-corrected chi connectivity index (χ1v) is 4.66. The number of halogens is 3. The topological polar surface area (TPSA) is 29.3 Å². The van der Waals surface area contributed by atoms with Crippen LogP contribution in [0.25, 0.3) is 5.65 Å². The number of aromatic nitrogens is 2. The number of rotatable bonds is 1. The maximum absolute atomic E-state index is 12.6. The minimum Gasteiger partial charge on any atom is -0.385 e. The van der Waals surface area contributed by atoms with Crippen molar-refractivity contribution in [3.8, 4) is 0 Å². The standard InChI is InChI=1S/C10H10F3N3/c1-6-4-15-9-8(14-2)3-7(5-16(6)9)10(11,12)13/h3-5,14H,1-2H3. The number of anilines is 1. The van der Waals surface area contributed by atoms with Gasteiger partial charge < -0.3 is 9.72 Å². The number of nitrogens with one attached hydrogen (secondary N) is 1. The Balaban J connectivity index is 2.76. The monoisotopic (exact) mass is 229 g/mol. The quantitative estimate of drug-likeness (QED) is 0.814. The smallest absolute Gasteiger partial charge is 0.385 e. The normalized spacial score (nSPS) is 12.1. The van der Waals surface area contributed by atoms with Gasteiger partial charge in [-0.1, -0.05) is 0 Å². The van der Waals surface area contributed by atoms with Crippen LogP contribution in [0, 0.1) is 6.92 Å². The van der Waals surface area contributed by atoms with Gasteiger partial charge in [0.1, 0.15) is 0 Å². The molecule has 0 atom stereocenters. The number of pyridine rings is 1. The van der Waals surface area contributed by atoms with Crippen molar-refractivity contribution in [1.82, 2.24) is 9.38 Å². The first kappa shape index (κ1) is 10.8. The lowest BCUT2D eigenvalue weighted by molar-refractivity contribution is -0.137. The molecule has 16 heavy (non-hydrogen) atoms. The lowest BCUT2D eigenvalue weighted by atomic mass is 10.2. The molecule has 0 aliphatic carbocycles. The highest BCUT2D eigenvalue weighted by Gasteiger charge is 2.32. The summed E-state index contributed by atoms with van der Waals surface area (Å²) in [5.74, 6) is 0. The molecule has 2 aromatic heterocycles. The van der Waals surface area contributed by atoms with Crippen molar-refractivity contribution in [3.05, 3.63) is 29.7 Å². The van der Waals surface area contributed by atoms with Crippen LogP contribution in [0.5, 0.6) is 0 Å². The van der Waals surface area contributed by atoms with Crippen LogP contribution in [-0.2, 0) is 6.18 Å². The average Bonchev–Trinajstić information content (AvgIpc) is 2.58. The van der Waals surface area contributed by atoms with Crippen molar-refractivity contribution in [3.63, 3.8) is 0 Å². The van der Waals surface area contributed by atoms with E-state index in [-0.39, 0.29) is 0 Å². The molecule has 0 amide bonds. The molecule has 0 aliphatic rings. The fraction of sp³-hybridized carbons (Fsp3) is 0.300. The summed E-state index contributed by atoms with van der Waals surface area (Å²) in [4.78, 5) is 4.05. The summed E-state index contributed by atoms with van der Waals surface area (Å²) in [7, 11) is 1.57. The summed E-state index contributed by atoms with van der Waals surface area (Å²) in [6.07, 6.45) is -1.76. The van der Waals surface area contributed by atoms with Crippen LogP contribution in [0.1, 0.15) is 11.3 Å². The van der Waals surface area contributed by atoms with Crippen LogP contribution < -0.4 is 5.32 Å². The van der Waals surface area contributed by atoms with Crippen LogP contribution in [0.3, 0.4) is 0 Å². The highest BCUT2D eigenvalue weighted by Crippen LogP contribution is 2.32. The SMILES string of the molecule is CNc1cc(C(F)(F)F)cn2c(C)cnc12. The number of aryl methyl sites for hydroxylation is 1. The maximum atomic E-state index is 12.6. The summed E-state index contributed by atoms with van der Waals surface area (Å²) in [5.41, 5.74) is 0.832. The largest absolute Gasteiger partial charge is 0.417 e. The predicted octanol–water partition coefficient (Wildman–Crippen LogP) is 2.70. The van der Waals surface area contributed by atoms with Gasteiger partial charge in [0, 0.05) is 25.1 Å². The van der Waals surface area contributed by atoms with Gasteiger partial charge >= 0.3 is 6.18 Å². The molecule has 3 nitrogen and oxygen atoms in total. The maximum Gasteiger partial charge on any atom is 0.417 e. The van der Waals surface area contributed by atoms with E-state index >= 15 is 0 Å². The van der Waals surface area contributed by atoms with Crippen LogP contribution in [0.2, 0.25) is 0 Å². The Labute approximate surface area is 89.9 Å². The Bertz CT molecular complexity index is 528. The van der Waals surface area contributed by atoms with Gasteiger partial charge in [-0.05, 0) is 13.0 Å². The van der Waals surface area contributed by atoms with Gasteiger partial charge in [0.05, 0.1) is 11.3 Å². The van der Waals surface area contributed by atoms with Gasteiger partial charge in [-0.25, -0.2) is 4.98 Å². The van der Waals surface area contributed by atoms with Crippen molar-refractivity contribution < 1.29 is 13.2 Å². The second-order valence-corrected chi connectivity index (χ2v) is 3.48. The van der Waals surface area contributed by atoms with E-state index in [1.807, 2.05) is 0 Å². The molecule has 0 saturated carbocycles. The lowest BCUT2D eigenvalue weighted by Gasteiger charge is -2.11. The number of nitrogens with zero attached hydrogens (tertiary/aromatic N) is 2. The molecule has 2 aromatic rings. The molecular weight excluding hydrogens is 219 g/mol. The molecular formula is C10H10F3N3. The molecule has 0 aliphatic heterocycles. The first-order valence-electron chi connectivity index (χ1n) is 4.66. The van der Waals surface area contributed by atoms with Crippen molar-refractivity contribution in [2.24, 2.45) is 0 Å². The Morgan fingerprint density at radius 2 is 2.06 bits per heavy atom. The number of hydrogen-bond donors (Lipinski definition) is 1. The molecule has 0 fully saturated rings. The highest BCUT2D eigenvalue weighted by molar-refractivity contribution is 5.68. The van der Waals surface area contributed by atoms with Crippen molar-refractivity contribution in [2.45, 2.75) is 13.1 Å². The van der Waals surface area contributed by atoms with Crippen molar-refractivity contribution >= 4 is 11.3 Å². The Morgan fingerprint density at radius 1 is 1.38 bits per heavy atom. The molecule has 0 spiro atoms. The minimum absolute atomic E-state index is 0.364. The van der Waals surface area contributed by atoms with Gasteiger partial charge in [-0.15, -0.1) is 0 Å². The first-order chi connectivity index (χ1) is 7.43. The molecule has 2 rings (SSSR count). The fourth-order valence-corrected chi connectivity index (χ4v) is 1.54. The summed E-state index contributed by atoms with van der Waals surface area (Å²) in [6, 6.07) is 1.06. The summed E-state index contributed by atoms with van der Waals surface area (Å²) >= 11 is 0. The highest BCUT2D eigenvalue weighted by atomic mass is 19.4. The van der Waals surface area contributed by atoms with Crippen molar-refractivity contribution in [2.75, 3.05) is 12.4 Å². The molecule has 0 unspecified atom stereocenters. The zero-order chi connectivity index (χ0) is 11.9. The second kappa shape index (κ2) is 3.40. The van der Waals surface area contributed by atoms with Gasteiger partial charge in [-0.3, -0.25) is 0 Å². The third kappa shape index (κ3) is 1.60. The Morgan fingerprint density at radius 3 is 2.62 bits per heavy atom. The Kier molecular flexibility index (Phi) is 2.29. The van der Waals surface area contributed by atoms with E-state index in [0.29, 0.717) is 17.0 Å². The van der Waals surface area contributed by atoms with E-state index in [0.717, 1.165) is 12.3 Å². The molecule has 0 saturated heterocycles. The van der Waals surface area contributed by atoms with E-state index in [4.69, 9.17) is 0 Å². The van der Waals surface area contributed by atoms with Crippen LogP contribution in [0.15, 0.2) is 18.5 Å². The van der Waals surface area contributed by atoms with Gasteiger partial charge in [-0.2, -0.15) is 13.2 Å². The molecule has 2 heterocycles. The van der Waals surface area contributed by atoms with Crippen LogP contribution in [-0.4, -0.2) is 16.4 Å². The van der Waals surface area contributed by atoms with E-state index in [9.17, 15) is 13.2 Å². The zero-order valence-corrected chi connectivity index (χ0v) is 8.76. The molecule has 0 radical (unpaired) electrons. The number of imidazole rings is 1. The van der Waals surface area contributed by atoms with Crippen LogP contribution in [0.4, 0.5) is 18.9 Å². The summed E-state index contributed by atoms with van der Waals surface area (Å²) < 4.78 is 39.3. The lowest BCUT2D eigenvalue weighted by Crippen LogP contribution is -2.08. The van der Waals surface area contributed by atoms with E-state index < -0.39 is 11.7 Å². The molecule has 86 valence electrons. The number of alkyl halides is 3. The van der Waals surface area contributed by atoms with E-state index in [1.165, 1.54) is 10.6 Å². The van der Waals surface area contributed by atoms with Crippen molar-refractivity contribution in [1.29, 1.82) is 0 Å². The molecule has 0 aromatic carbocycles. The summed E-state index contributed by atoms with van der Waals surface area (Å²) in [5, 5.41) is 2.71. The Hall–Kier alpha value is -1.72. The third-order valence-electron chi connectivity index (χ3n) is 2.39.